The van der Waals surface area contributed by atoms with Gasteiger partial charge in [-0.1, -0.05) is 11.6 Å². The Bertz CT molecular complexity index is 1340. The number of benzene rings is 2. The number of ether oxygens (including phenoxy) is 3. The Kier molecular flexibility index (Phi) is 6.17. The summed E-state index contributed by atoms with van der Waals surface area (Å²) in [5.41, 5.74) is 2.77. The molecule has 0 fully saturated rings. The molecule has 0 spiro atoms. The van der Waals surface area contributed by atoms with Crippen molar-refractivity contribution in [3.63, 3.8) is 0 Å². The minimum atomic E-state index is -1.05. The Balaban J connectivity index is 1.53. The molecule has 0 aliphatic carbocycles. The predicted molar refractivity (Wildman–Crippen MR) is 128 cm³/mol. The molecule has 2 aromatic carbocycles. The molecule has 10 heteroatoms. The number of fused-ring (bicyclic) bond motifs is 2. The summed E-state index contributed by atoms with van der Waals surface area (Å²) in [5.74, 6) is 0.478. The van der Waals surface area contributed by atoms with Crippen LogP contribution in [0.1, 0.15) is 36.4 Å². The highest BCUT2D eigenvalue weighted by Gasteiger charge is 2.35. The van der Waals surface area contributed by atoms with Gasteiger partial charge in [0.25, 0.3) is 0 Å². The molecule has 0 saturated carbocycles. The SMILES string of the molecule is COc1ccc(C2=NN(C(=O)CCC(=O)O)[C@@H](c3cc4cc5c(cc4nc3Cl)OCCO5)C2)cc1. The molecule has 1 amide bonds. The first-order valence-electron chi connectivity index (χ1n) is 11.1. The third-order valence-corrected chi connectivity index (χ3v) is 6.26. The molecule has 5 rings (SSSR count). The van der Waals surface area contributed by atoms with E-state index in [0.29, 0.717) is 53.7 Å². The topological polar surface area (TPSA) is 111 Å². The Morgan fingerprint density at radius 2 is 1.83 bits per heavy atom. The first-order valence-corrected chi connectivity index (χ1v) is 11.5. The molecule has 35 heavy (non-hydrogen) atoms. The zero-order chi connectivity index (χ0) is 24.5. The van der Waals surface area contributed by atoms with Crippen molar-refractivity contribution in [2.24, 2.45) is 5.10 Å². The van der Waals surface area contributed by atoms with E-state index in [1.165, 1.54) is 5.01 Å². The highest BCUT2D eigenvalue weighted by Crippen LogP contribution is 2.40. The zero-order valence-electron chi connectivity index (χ0n) is 18.9. The molecule has 1 N–H and O–H groups in total. The number of halogens is 1. The van der Waals surface area contributed by atoms with Gasteiger partial charge in [-0.25, -0.2) is 9.99 Å². The van der Waals surface area contributed by atoms with Crippen molar-refractivity contribution in [2.45, 2.75) is 25.3 Å². The second-order valence-electron chi connectivity index (χ2n) is 8.18. The normalized spacial score (nSPS) is 16.8. The number of aliphatic carboxylic acids is 1. The van der Waals surface area contributed by atoms with Crippen LogP contribution in [0.15, 0.2) is 47.6 Å². The van der Waals surface area contributed by atoms with Crippen LogP contribution in [-0.2, 0) is 9.59 Å². The van der Waals surface area contributed by atoms with Gasteiger partial charge in [0.15, 0.2) is 11.5 Å². The monoisotopic (exact) mass is 495 g/mol. The first-order chi connectivity index (χ1) is 16.9. The van der Waals surface area contributed by atoms with Crippen LogP contribution >= 0.6 is 11.6 Å². The van der Waals surface area contributed by atoms with E-state index in [1.807, 2.05) is 36.4 Å². The third kappa shape index (κ3) is 4.59. The van der Waals surface area contributed by atoms with Crippen molar-refractivity contribution in [2.75, 3.05) is 20.3 Å². The molecule has 3 heterocycles. The number of methoxy groups -OCH3 is 1. The third-order valence-electron chi connectivity index (χ3n) is 5.96. The van der Waals surface area contributed by atoms with Crippen molar-refractivity contribution in [1.82, 2.24) is 9.99 Å². The predicted octanol–water partition coefficient (Wildman–Crippen LogP) is 4.21. The van der Waals surface area contributed by atoms with E-state index in [0.717, 1.165) is 10.9 Å². The molecule has 0 radical (unpaired) electrons. The molecule has 180 valence electrons. The number of carbonyl (C=O) groups is 2. The van der Waals surface area contributed by atoms with Crippen molar-refractivity contribution in [3.05, 3.63) is 58.7 Å². The highest BCUT2D eigenvalue weighted by atomic mass is 35.5. The number of hydrogen-bond acceptors (Lipinski definition) is 7. The van der Waals surface area contributed by atoms with E-state index in [4.69, 9.17) is 30.9 Å². The average molecular weight is 496 g/mol. The minimum Gasteiger partial charge on any atom is -0.497 e. The lowest BCUT2D eigenvalue weighted by molar-refractivity contribution is -0.141. The second kappa shape index (κ2) is 9.42. The number of carbonyl (C=O) groups excluding carboxylic acids is 1. The number of pyridine rings is 1. The average Bonchev–Trinajstić information content (AvgIpc) is 3.31. The molecule has 3 aromatic rings. The zero-order valence-corrected chi connectivity index (χ0v) is 19.6. The number of carboxylic acid groups (broad SMARTS) is 1. The van der Waals surface area contributed by atoms with Gasteiger partial charge >= 0.3 is 5.97 Å². The minimum absolute atomic E-state index is 0.178. The van der Waals surface area contributed by atoms with Gasteiger partial charge in [0, 0.05) is 29.9 Å². The van der Waals surface area contributed by atoms with Crippen LogP contribution in [0.4, 0.5) is 0 Å². The maximum atomic E-state index is 13.0. The molecule has 1 atom stereocenters. The van der Waals surface area contributed by atoms with Crippen LogP contribution in [0.3, 0.4) is 0 Å². The summed E-state index contributed by atoms with van der Waals surface area (Å²) in [4.78, 5) is 28.6. The van der Waals surface area contributed by atoms with Crippen LogP contribution in [0, 0.1) is 0 Å². The first kappa shape index (κ1) is 22.9. The van der Waals surface area contributed by atoms with E-state index in [1.54, 1.807) is 13.2 Å². The number of rotatable bonds is 6. The van der Waals surface area contributed by atoms with Crippen molar-refractivity contribution in [1.29, 1.82) is 0 Å². The molecule has 2 aliphatic heterocycles. The van der Waals surface area contributed by atoms with Gasteiger partial charge < -0.3 is 19.3 Å². The molecular weight excluding hydrogens is 474 g/mol. The summed E-state index contributed by atoms with van der Waals surface area (Å²) < 4.78 is 16.6. The van der Waals surface area contributed by atoms with E-state index in [2.05, 4.69) is 10.1 Å². The van der Waals surface area contributed by atoms with Gasteiger partial charge in [0.05, 0.1) is 30.8 Å². The lowest BCUT2D eigenvalue weighted by Crippen LogP contribution is -2.27. The Hall–Kier alpha value is -3.85. The maximum Gasteiger partial charge on any atom is 0.303 e. The van der Waals surface area contributed by atoms with Gasteiger partial charge in [0.2, 0.25) is 5.91 Å². The second-order valence-corrected chi connectivity index (χ2v) is 8.54. The fourth-order valence-corrected chi connectivity index (χ4v) is 4.48. The lowest BCUT2D eigenvalue weighted by atomic mass is 9.98. The number of aromatic nitrogens is 1. The Morgan fingerprint density at radius 1 is 1.11 bits per heavy atom. The molecule has 0 saturated heterocycles. The van der Waals surface area contributed by atoms with Gasteiger partial charge in [0.1, 0.15) is 24.1 Å². The van der Waals surface area contributed by atoms with Gasteiger partial charge in [-0.05, 0) is 42.0 Å². The Labute approximate surface area is 205 Å². The summed E-state index contributed by atoms with van der Waals surface area (Å²) in [5, 5.41) is 16.0. The van der Waals surface area contributed by atoms with Crippen molar-refractivity contribution in [3.8, 4) is 17.2 Å². The van der Waals surface area contributed by atoms with Gasteiger partial charge in [-0.15, -0.1) is 0 Å². The standard InChI is InChI=1S/C25H22ClN3O6/c1-33-16-4-2-14(3-5-16)19-12-20(29(28-19)23(30)6-7-24(31)32)17-10-15-11-21-22(35-9-8-34-21)13-18(15)27-25(17)26/h2-5,10-11,13,20H,6-9,12H2,1H3,(H,31,32)/t20-/m1/s1. The lowest BCUT2D eigenvalue weighted by Gasteiger charge is -2.23. The summed E-state index contributed by atoms with van der Waals surface area (Å²) in [6, 6.07) is 12.3. The summed E-state index contributed by atoms with van der Waals surface area (Å²) in [6.07, 6.45) is -0.0756. The van der Waals surface area contributed by atoms with Crippen LogP contribution in [0.25, 0.3) is 10.9 Å². The molecular formula is C25H22ClN3O6. The quantitative estimate of drug-likeness (QED) is 0.510. The van der Waals surface area contributed by atoms with Crippen molar-refractivity contribution < 1.29 is 28.9 Å². The Morgan fingerprint density at radius 3 is 2.51 bits per heavy atom. The largest absolute Gasteiger partial charge is 0.497 e. The van der Waals surface area contributed by atoms with Crippen LogP contribution in [0.5, 0.6) is 17.2 Å². The van der Waals surface area contributed by atoms with Gasteiger partial charge in [-0.2, -0.15) is 5.10 Å². The number of nitrogens with zero attached hydrogens (tertiary/aromatic N) is 3. The van der Waals surface area contributed by atoms with Crippen LogP contribution in [-0.4, -0.2) is 53.0 Å². The molecule has 1 aromatic heterocycles. The van der Waals surface area contributed by atoms with Crippen LogP contribution in [0.2, 0.25) is 5.15 Å². The van der Waals surface area contributed by atoms with E-state index in [9.17, 15) is 9.59 Å². The maximum absolute atomic E-state index is 13.0. The highest BCUT2D eigenvalue weighted by molar-refractivity contribution is 6.30. The van der Waals surface area contributed by atoms with E-state index >= 15 is 0 Å². The smallest absolute Gasteiger partial charge is 0.303 e. The number of amides is 1. The van der Waals surface area contributed by atoms with E-state index < -0.39 is 17.9 Å². The molecule has 9 nitrogen and oxygen atoms in total. The summed E-state index contributed by atoms with van der Waals surface area (Å²) in [6.45, 7) is 0.922. The van der Waals surface area contributed by atoms with Crippen molar-refractivity contribution >= 4 is 40.1 Å². The summed E-state index contributed by atoms with van der Waals surface area (Å²) >= 11 is 6.61. The number of hydrogen-bond donors (Lipinski definition) is 1. The molecule has 2 aliphatic rings. The molecule has 0 unspecified atom stereocenters. The molecule has 0 bridgehead atoms. The fraction of sp³-hybridized carbons (Fsp3) is 0.280. The van der Waals surface area contributed by atoms with Crippen LogP contribution < -0.4 is 14.2 Å². The van der Waals surface area contributed by atoms with E-state index in [-0.39, 0.29) is 18.0 Å². The fourth-order valence-electron chi connectivity index (χ4n) is 4.21. The summed E-state index contributed by atoms with van der Waals surface area (Å²) in [7, 11) is 1.59. The number of hydrazone groups is 1. The van der Waals surface area contributed by atoms with Gasteiger partial charge in [-0.3, -0.25) is 9.59 Å². The number of carboxylic acids is 1.